The van der Waals surface area contributed by atoms with Crippen molar-refractivity contribution in [2.24, 2.45) is 7.05 Å². The maximum absolute atomic E-state index is 12.7. The highest BCUT2D eigenvalue weighted by atomic mass is 35.5. The number of hydrogen-bond donors (Lipinski definition) is 0. The molecule has 0 atom stereocenters. The summed E-state index contributed by atoms with van der Waals surface area (Å²) in [5.74, 6) is 0. The number of benzene rings is 2. The quantitative estimate of drug-likeness (QED) is 0.714. The van der Waals surface area contributed by atoms with Crippen LogP contribution in [0, 0.1) is 0 Å². The molecule has 1 aromatic heterocycles. The number of aryl methyl sites for hydroxylation is 1. The summed E-state index contributed by atoms with van der Waals surface area (Å²) >= 11 is 5.96. The summed E-state index contributed by atoms with van der Waals surface area (Å²) < 4.78 is 3.75. The van der Waals surface area contributed by atoms with Gasteiger partial charge in [-0.1, -0.05) is 35.9 Å². The summed E-state index contributed by atoms with van der Waals surface area (Å²) in [5.41, 5.74) is 3.43. The van der Waals surface area contributed by atoms with Crippen LogP contribution in [-0.4, -0.2) is 27.1 Å². The zero-order valence-electron chi connectivity index (χ0n) is 14.4. The standard InChI is InChI=1S/C20H22ClN3O/c1-22-18-4-2-3-5-19(18)24(20(22)25)17-10-12-23(13-11-17)14-15-6-8-16(21)9-7-15/h2-9,17H,10-14H2,1H3. The zero-order valence-corrected chi connectivity index (χ0v) is 15.1. The fraction of sp³-hybridized carbons (Fsp3) is 0.350. The van der Waals surface area contributed by atoms with Crippen molar-refractivity contribution in [3.63, 3.8) is 0 Å². The van der Waals surface area contributed by atoms with Crippen LogP contribution < -0.4 is 5.69 Å². The first-order valence-electron chi connectivity index (χ1n) is 8.76. The maximum atomic E-state index is 12.7. The minimum absolute atomic E-state index is 0.0948. The Morgan fingerprint density at radius 1 is 1.00 bits per heavy atom. The number of fused-ring (bicyclic) bond motifs is 1. The lowest BCUT2D eigenvalue weighted by Gasteiger charge is -2.32. The normalized spacial score (nSPS) is 16.6. The summed E-state index contributed by atoms with van der Waals surface area (Å²) in [7, 11) is 1.86. The first kappa shape index (κ1) is 16.4. The van der Waals surface area contributed by atoms with Crippen LogP contribution in [0.3, 0.4) is 0 Å². The smallest absolute Gasteiger partial charge is 0.299 e. The average Bonchev–Trinajstić information content (AvgIpc) is 2.89. The van der Waals surface area contributed by atoms with E-state index in [1.165, 1.54) is 5.56 Å². The molecule has 4 nitrogen and oxygen atoms in total. The Balaban J connectivity index is 1.50. The van der Waals surface area contributed by atoms with E-state index in [0.717, 1.165) is 48.5 Å². The lowest BCUT2D eigenvalue weighted by Crippen LogP contribution is -2.37. The number of likely N-dealkylation sites (tertiary alicyclic amines) is 1. The van der Waals surface area contributed by atoms with Gasteiger partial charge in [-0.2, -0.15) is 0 Å². The molecule has 0 amide bonds. The molecule has 1 saturated heterocycles. The van der Waals surface area contributed by atoms with Gasteiger partial charge in [0.15, 0.2) is 0 Å². The molecule has 1 aliphatic heterocycles. The molecule has 1 aliphatic rings. The number of rotatable bonds is 3. The van der Waals surface area contributed by atoms with Gasteiger partial charge in [-0.25, -0.2) is 4.79 Å². The van der Waals surface area contributed by atoms with Gasteiger partial charge in [-0.3, -0.25) is 14.0 Å². The summed E-state index contributed by atoms with van der Waals surface area (Å²) in [6.45, 7) is 2.94. The minimum atomic E-state index is 0.0948. The largest absolute Gasteiger partial charge is 0.329 e. The van der Waals surface area contributed by atoms with Crippen LogP contribution in [-0.2, 0) is 13.6 Å². The van der Waals surface area contributed by atoms with Crippen LogP contribution >= 0.6 is 11.6 Å². The molecule has 0 saturated carbocycles. The van der Waals surface area contributed by atoms with Gasteiger partial charge in [-0.15, -0.1) is 0 Å². The zero-order chi connectivity index (χ0) is 17.4. The van der Waals surface area contributed by atoms with E-state index in [-0.39, 0.29) is 11.7 Å². The van der Waals surface area contributed by atoms with Crippen molar-refractivity contribution in [3.05, 3.63) is 69.6 Å². The van der Waals surface area contributed by atoms with Crippen LogP contribution in [0.1, 0.15) is 24.4 Å². The molecular weight excluding hydrogens is 334 g/mol. The third kappa shape index (κ3) is 3.12. The fourth-order valence-corrected chi connectivity index (χ4v) is 3.98. The van der Waals surface area contributed by atoms with E-state index in [0.29, 0.717) is 0 Å². The summed E-state index contributed by atoms with van der Waals surface area (Å²) in [5, 5.41) is 0.776. The van der Waals surface area contributed by atoms with Crippen molar-refractivity contribution in [1.82, 2.24) is 14.0 Å². The Morgan fingerprint density at radius 2 is 1.64 bits per heavy atom. The molecule has 2 aromatic carbocycles. The number of hydrogen-bond acceptors (Lipinski definition) is 2. The van der Waals surface area contributed by atoms with Gasteiger partial charge in [-0.05, 0) is 42.7 Å². The molecule has 2 heterocycles. The maximum Gasteiger partial charge on any atom is 0.329 e. The summed E-state index contributed by atoms with van der Waals surface area (Å²) in [4.78, 5) is 15.1. The molecule has 0 aliphatic carbocycles. The Bertz CT molecular complexity index is 934. The number of nitrogens with zero attached hydrogens (tertiary/aromatic N) is 3. The molecular formula is C20H22ClN3O. The van der Waals surface area contributed by atoms with Crippen LogP contribution in [0.25, 0.3) is 11.0 Å². The third-order valence-electron chi connectivity index (χ3n) is 5.24. The first-order valence-corrected chi connectivity index (χ1v) is 9.14. The van der Waals surface area contributed by atoms with Gasteiger partial charge in [0.1, 0.15) is 0 Å². The Hall–Kier alpha value is -2.04. The number of aromatic nitrogens is 2. The Labute approximate surface area is 152 Å². The molecule has 130 valence electrons. The molecule has 0 N–H and O–H groups in total. The molecule has 4 rings (SSSR count). The van der Waals surface area contributed by atoms with E-state index in [2.05, 4.69) is 23.1 Å². The van der Waals surface area contributed by atoms with Gasteiger partial charge in [0.25, 0.3) is 0 Å². The van der Waals surface area contributed by atoms with Crippen molar-refractivity contribution in [1.29, 1.82) is 0 Å². The third-order valence-corrected chi connectivity index (χ3v) is 5.49. The molecule has 1 fully saturated rings. The molecule has 0 bridgehead atoms. The van der Waals surface area contributed by atoms with E-state index in [4.69, 9.17) is 11.6 Å². The van der Waals surface area contributed by atoms with Gasteiger partial charge in [0.2, 0.25) is 0 Å². The molecule has 3 aromatic rings. The van der Waals surface area contributed by atoms with Crippen molar-refractivity contribution in [2.75, 3.05) is 13.1 Å². The highest BCUT2D eigenvalue weighted by molar-refractivity contribution is 6.30. The van der Waals surface area contributed by atoms with Crippen molar-refractivity contribution < 1.29 is 0 Å². The van der Waals surface area contributed by atoms with E-state index < -0.39 is 0 Å². The van der Waals surface area contributed by atoms with Gasteiger partial charge in [0.05, 0.1) is 11.0 Å². The molecule has 0 unspecified atom stereocenters. The van der Waals surface area contributed by atoms with E-state index in [1.807, 2.05) is 41.9 Å². The highest BCUT2D eigenvalue weighted by Gasteiger charge is 2.24. The minimum Gasteiger partial charge on any atom is -0.299 e. The molecule has 5 heteroatoms. The Morgan fingerprint density at radius 3 is 2.32 bits per heavy atom. The Kier molecular flexibility index (Phi) is 4.40. The van der Waals surface area contributed by atoms with Crippen LogP contribution in [0.15, 0.2) is 53.3 Å². The molecule has 25 heavy (non-hydrogen) atoms. The second-order valence-electron chi connectivity index (χ2n) is 6.83. The number of halogens is 1. The van der Waals surface area contributed by atoms with Crippen LogP contribution in [0.2, 0.25) is 5.02 Å². The van der Waals surface area contributed by atoms with Gasteiger partial charge >= 0.3 is 5.69 Å². The second-order valence-corrected chi connectivity index (χ2v) is 7.27. The average molecular weight is 356 g/mol. The highest BCUT2D eigenvalue weighted by Crippen LogP contribution is 2.26. The lowest BCUT2D eigenvalue weighted by atomic mass is 10.0. The lowest BCUT2D eigenvalue weighted by molar-refractivity contribution is 0.179. The molecule has 0 spiro atoms. The first-order chi connectivity index (χ1) is 12.1. The second kappa shape index (κ2) is 6.70. The predicted octanol–water partition coefficient (Wildman–Crippen LogP) is 3.83. The predicted molar refractivity (Wildman–Crippen MR) is 102 cm³/mol. The van der Waals surface area contributed by atoms with E-state index >= 15 is 0 Å². The van der Waals surface area contributed by atoms with Gasteiger partial charge < -0.3 is 0 Å². The number of imidazole rings is 1. The fourth-order valence-electron chi connectivity index (χ4n) is 3.86. The monoisotopic (exact) mass is 355 g/mol. The summed E-state index contributed by atoms with van der Waals surface area (Å²) in [6.07, 6.45) is 2.00. The number of piperidine rings is 1. The SMILES string of the molecule is Cn1c(=O)n(C2CCN(Cc3ccc(Cl)cc3)CC2)c2ccccc21. The summed E-state index contributed by atoms with van der Waals surface area (Å²) in [6, 6.07) is 16.4. The van der Waals surface area contributed by atoms with Gasteiger partial charge in [0, 0.05) is 37.7 Å². The van der Waals surface area contributed by atoms with Crippen LogP contribution in [0.5, 0.6) is 0 Å². The van der Waals surface area contributed by atoms with Crippen molar-refractivity contribution in [2.45, 2.75) is 25.4 Å². The van der Waals surface area contributed by atoms with Crippen LogP contribution in [0.4, 0.5) is 0 Å². The van der Waals surface area contributed by atoms with E-state index in [1.54, 1.807) is 4.57 Å². The number of para-hydroxylation sites is 2. The van der Waals surface area contributed by atoms with Crippen molar-refractivity contribution in [3.8, 4) is 0 Å². The van der Waals surface area contributed by atoms with E-state index in [9.17, 15) is 4.79 Å². The molecule has 0 radical (unpaired) electrons. The topological polar surface area (TPSA) is 30.2 Å². The van der Waals surface area contributed by atoms with Crippen molar-refractivity contribution >= 4 is 22.6 Å².